The monoisotopic (exact) mass is 1690 g/mol. The van der Waals surface area contributed by atoms with Gasteiger partial charge in [0.1, 0.15) is 9.66 Å². The first-order chi connectivity index (χ1) is 63.8. The maximum atomic E-state index is 2.48. The number of hydrogen-bond donors (Lipinski definition) is 0. The molecular weight excluding hydrogens is 1600 g/mol. The first-order valence-corrected chi connectivity index (χ1v) is 47.1. The lowest BCUT2D eigenvalue weighted by atomic mass is 9.48. The molecule has 19 aromatic carbocycles. The van der Waals surface area contributed by atoms with Crippen LogP contribution in [-0.4, -0.2) is 13.4 Å². The minimum atomic E-state index is 0.387. The van der Waals surface area contributed by atoms with Gasteiger partial charge in [0.05, 0.1) is 42.5 Å². The minimum Gasteiger partial charge on any atom is -0.310 e. The van der Waals surface area contributed by atoms with Crippen molar-refractivity contribution in [3.05, 3.63) is 442 Å². The van der Waals surface area contributed by atoms with Gasteiger partial charge in [-0.2, -0.15) is 0 Å². The Bertz CT molecular complexity index is 8420. The maximum Gasteiger partial charge on any atom is 0.109 e. The van der Waals surface area contributed by atoms with Crippen molar-refractivity contribution in [3.63, 3.8) is 0 Å². The third-order valence-electron chi connectivity index (χ3n) is 28.6. The number of nitrogens with zero attached hydrogens (tertiary/aromatic N) is 5. The van der Waals surface area contributed by atoms with E-state index in [2.05, 4.69) is 460 Å². The number of fused-ring (bicyclic) bond motifs is 17. The Morgan fingerprint density at radius 3 is 1.08 bits per heavy atom. The molecule has 4 saturated carbocycles. The lowest BCUT2D eigenvalue weighted by molar-refractivity contribution is -0.00518. The summed E-state index contributed by atoms with van der Waals surface area (Å²) in [5, 5.41) is 12.5. The van der Waals surface area contributed by atoms with Crippen LogP contribution in [0.25, 0.3) is 178 Å². The third kappa shape index (κ3) is 12.8. The second-order valence-corrected chi connectivity index (χ2v) is 38.2. The van der Waals surface area contributed by atoms with Crippen molar-refractivity contribution in [2.24, 2.45) is 17.8 Å². The number of anilines is 6. The number of para-hydroxylation sites is 4. The Balaban J connectivity index is 0.000000137. The zero-order valence-electron chi connectivity index (χ0n) is 71.1. The molecule has 0 amide bonds. The van der Waals surface area contributed by atoms with Crippen LogP contribution in [0, 0.1) is 17.8 Å². The third-order valence-corrected chi connectivity index (χ3v) is 30.8. The Morgan fingerprint density at radius 2 is 0.566 bits per heavy atom. The van der Waals surface area contributed by atoms with Crippen LogP contribution in [0.1, 0.15) is 44.1 Å². The summed E-state index contributed by atoms with van der Waals surface area (Å²) < 4.78 is 9.89. The van der Waals surface area contributed by atoms with Crippen molar-refractivity contribution in [2.45, 2.75) is 43.9 Å². The molecule has 5 nitrogen and oxygen atoms in total. The van der Waals surface area contributed by atoms with Gasteiger partial charge in [-0.05, 0) is 295 Å². The quantitative estimate of drug-likeness (QED) is 0.101. The summed E-state index contributed by atoms with van der Waals surface area (Å²) in [6.45, 7) is 0. The Labute approximate surface area is 756 Å². The predicted octanol–water partition coefficient (Wildman–Crippen LogP) is 34.6. The second kappa shape index (κ2) is 30.6. The Kier molecular flexibility index (Phi) is 17.8. The summed E-state index contributed by atoms with van der Waals surface area (Å²) in [5.41, 5.74) is 32.3. The average molecular weight is 1690 g/mol. The van der Waals surface area contributed by atoms with Gasteiger partial charge in [-0.1, -0.05) is 297 Å². The highest BCUT2D eigenvalue weighted by atomic mass is 32.1. The van der Waals surface area contributed by atoms with E-state index in [1.54, 1.807) is 5.56 Å². The molecule has 0 atom stereocenters. The first kappa shape index (κ1) is 75.2. The molecule has 0 aliphatic heterocycles. The molecule has 0 spiro atoms. The average Bonchev–Trinajstić information content (AvgIpc) is 1.67. The molecule has 0 saturated heterocycles. The Morgan fingerprint density at radius 1 is 0.225 bits per heavy atom. The fourth-order valence-electron chi connectivity index (χ4n) is 23.1. The van der Waals surface area contributed by atoms with Crippen LogP contribution in [0.15, 0.2) is 437 Å². The number of rotatable bonds is 14. The van der Waals surface area contributed by atoms with E-state index in [1.165, 1.54) is 228 Å². The van der Waals surface area contributed by atoms with Crippen molar-refractivity contribution in [3.8, 4) is 72.4 Å². The van der Waals surface area contributed by atoms with E-state index in [4.69, 9.17) is 0 Å². The molecule has 4 bridgehead atoms. The van der Waals surface area contributed by atoms with E-state index in [9.17, 15) is 0 Å². The smallest absolute Gasteiger partial charge is 0.109 e. The summed E-state index contributed by atoms with van der Waals surface area (Å²) in [4.78, 5) is 7.43. The zero-order chi connectivity index (χ0) is 84.8. The van der Waals surface area contributed by atoms with Gasteiger partial charge in [0.15, 0.2) is 0 Å². The number of hydrogen-bond acceptors (Lipinski definition) is 4. The lowest BCUT2D eigenvalue weighted by Crippen LogP contribution is -2.48. The van der Waals surface area contributed by atoms with Crippen molar-refractivity contribution in [1.29, 1.82) is 0 Å². The normalized spacial score (nSPS) is 16.0. The predicted molar refractivity (Wildman–Crippen MR) is 549 cm³/mol. The van der Waals surface area contributed by atoms with Crippen molar-refractivity contribution >= 4 is 163 Å². The van der Waals surface area contributed by atoms with Gasteiger partial charge in [-0.25, -0.2) is 0 Å². The number of benzene rings is 19. The second-order valence-electron chi connectivity index (χ2n) is 36.2. The fraction of sp³-hybridized carbons (Fsp3) is 0.0820. The first-order valence-electron chi connectivity index (χ1n) is 45.5. The molecule has 4 fully saturated rings. The van der Waals surface area contributed by atoms with E-state index >= 15 is 0 Å². The van der Waals surface area contributed by atoms with Gasteiger partial charge in [0.2, 0.25) is 0 Å². The summed E-state index contributed by atoms with van der Waals surface area (Å²) in [7, 11) is 0. The summed E-state index contributed by atoms with van der Waals surface area (Å²) >= 11 is 3.78. The molecular formula is C122H87N5S2. The molecule has 0 radical (unpaired) electrons. The topological polar surface area (TPSA) is 20.2 Å². The standard InChI is InChI=1S/C64H41N3S.C58H46N2S/c1-3-14-42(15-4-1)43-28-32-49(33-29-43)65(50-18-13-19-51(41-50)66-58-23-10-7-20-55(58)56-21-8-11-24-59(56)66)52-34-36-54-48(39-52)27-26-47-38-45(30-35-53(47)54)46-31-37-61-62(40-46)68-64-63(44-16-5-2-6-17-44)57-22-9-12-25-60(57)67(61)64;1-3-9-41(10-4-1)42-17-23-49(24-18-42)59(50-26-21-48(22-27-50)58-35-38-29-39(36-58)31-40(30-38)37-58)51-25-19-45-32-44(15-16-46(45)33-51)47-20-28-54-55(34-47)61-57-56(43-11-5-2-6-12-43)52-13-7-8-14-53(52)60(54)57/h1-41H;1-28,32-34,38-40H,29-31,35-37H2. The number of aromatic nitrogens is 3. The van der Waals surface area contributed by atoms with Crippen LogP contribution in [0.3, 0.4) is 0 Å². The van der Waals surface area contributed by atoms with E-state index < -0.39 is 0 Å². The molecule has 28 rings (SSSR count). The van der Waals surface area contributed by atoms with Crippen LogP contribution in [0.5, 0.6) is 0 Å². The van der Waals surface area contributed by atoms with Gasteiger partial charge >= 0.3 is 0 Å². The molecule has 7 heteroatoms. The van der Waals surface area contributed by atoms with Gasteiger partial charge in [0.25, 0.3) is 0 Å². The van der Waals surface area contributed by atoms with Crippen molar-refractivity contribution < 1.29 is 0 Å². The largest absolute Gasteiger partial charge is 0.310 e. The van der Waals surface area contributed by atoms with Gasteiger partial charge in [0, 0.05) is 72.5 Å². The minimum absolute atomic E-state index is 0.387. The number of thiazole rings is 2. The highest BCUT2D eigenvalue weighted by Gasteiger charge is 2.51. The van der Waals surface area contributed by atoms with E-state index in [0.29, 0.717) is 5.41 Å². The van der Waals surface area contributed by atoms with Crippen LogP contribution < -0.4 is 9.80 Å². The molecule has 5 heterocycles. The molecule has 0 unspecified atom stereocenters. The van der Waals surface area contributed by atoms with Crippen LogP contribution in [0.4, 0.5) is 34.1 Å². The molecule has 0 N–H and O–H groups in total. The van der Waals surface area contributed by atoms with E-state index in [0.717, 1.165) is 40.5 Å². The summed E-state index contributed by atoms with van der Waals surface area (Å²) in [6.07, 6.45) is 8.59. The van der Waals surface area contributed by atoms with Gasteiger partial charge in [-0.3, -0.25) is 8.80 Å². The fourth-order valence-corrected chi connectivity index (χ4v) is 25.6. The van der Waals surface area contributed by atoms with Gasteiger partial charge < -0.3 is 14.4 Å². The molecule has 129 heavy (non-hydrogen) atoms. The summed E-state index contributed by atoms with van der Waals surface area (Å²) in [5.74, 6) is 2.81. The van der Waals surface area contributed by atoms with E-state index in [-0.39, 0.29) is 0 Å². The Hall–Kier alpha value is -15.1. The molecule has 4 aliphatic rings. The molecule has 612 valence electrons. The maximum absolute atomic E-state index is 2.48. The lowest BCUT2D eigenvalue weighted by Gasteiger charge is -2.57. The molecule has 24 aromatic rings. The molecule has 4 aliphatic carbocycles. The van der Waals surface area contributed by atoms with Crippen molar-refractivity contribution in [2.75, 3.05) is 9.80 Å². The van der Waals surface area contributed by atoms with Gasteiger partial charge in [-0.15, -0.1) is 22.7 Å². The van der Waals surface area contributed by atoms with Crippen LogP contribution in [0.2, 0.25) is 0 Å². The molecule has 5 aromatic heterocycles. The SMILES string of the molecule is c1ccc(-c2ccc(N(c3ccc(C45CC6CC(CC(C6)C4)C5)cc3)c3ccc4cc(-c5ccc6c(c5)sc5c(-c7ccccc7)c7ccccc7n56)ccc4c3)cc2)cc1.c1ccc(-c2ccc(N(c3cccc(-n4c5ccccc5c5ccccc54)c3)c3ccc4c(ccc5cc(-c6ccc7c(c6)sc6c(-c8ccccc8)c8ccccc8n67)ccc54)c3)cc2)cc1. The summed E-state index contributed by atoms with van der Waals surface area (Å²) in [6, 6.07) is 161. The highest BCUT2D eigenvalue weighted by molar-refractivity contribution is 7.25. The zero-order valence-corrected chi connectivity index (χ0v) is 72.7. The highest BCUT2D eigenvalue weighted by Crippen LogP contribution is 2.61. The van der Waals surface area contributed by atoms with E-state index in [1.807, 2.05) is 22.7 Å². The van der Waals surface area contributed by atoms with Crippen LogP contribution in [-0.2, 0) is 5.41 Å². The van der Waals surface area contributed by atoms with Crippen molar-refractivity contribution in [1.82, 2.24) is 13.4 Å². The van der Waals surface area contributed by atoms with Crippen LogP contribution >= 0.6 is 22.7 Å².